The molecule has 0 fully saturated rings. The Morgan fingerprint density at radius 2 is 1.89 bits per heavy atom. The van der Waals surface area contributed by atoms with Crippen LogP contribution in [0.1, 0.15) is 11.1 Å². The summed E-state index contributed by atoms with van der Waals surface area (Å²) in [4.78, 5) is 11.8. The molecule has 0 radical (unpaired) electrons. The van der Waals surface area contributed by atoms with Gasteiger partial charge in [0, 0.05) is 6.42 Å². The molecule has 0 amide bonds. The first kappa shape index (κ1) is 13.3. The minimum absolute atomic E-state index is 0.0286. The van der Waals surface area contributed by atoms with E-state index in [1.165, 1.54) is 12.1 Å². The summed E-state index contributed by atoms with van der Waals surface area (Å²) in [7, 11) is 0. The fourth-order valence-electron chi connectivity index (χ4n) is 1.80. The van der Waals surface area contributed by atoms with Crippen molar-refractivity contribution in [2.24, 2.45) is 0 Å². The second kappa shape index (κ2) is 6.14. The van der Waals surface area contributed by atoms with E-state index >= 15 is 0 Å². The molecule has 2 aromatic carbocycles. The molecular weight excluding hydrogens is 243 g/mol. The van der Waals surface area contributed by atoms with E-state index in [2.05, 4.69) is 0 Å². The van der Waals surface area contributed by atoms with Gasteiger partial charge in [0.15, 0.2) is 5.78 Å². The summed E-state index contributed by atoms with van der Waals surface area (Å²) < 4.78 is 18.3. The maximum absolute atomic E-state index is 12.9. The molecule has 0 aliphatic carbocycles. The zero-order valence-corrected chi connectivity index (χ0v) is 10.7. The Morgan fingerprint density at radius 3 is 2.58 bits per heavy atom. The topological polar surface area (TPSA) is 26.3 Å². The Balaban J connectivity index is 1.91. The number of ketones is 1. The van der Waals surface area contributed by atoms with Crippen LogP contribution >= 0.6 is 0 Å². The maximum Gasteiger partial charge on any atom is 0.174 e. The molecule has 0 spiro atoms. The van der Waals surface area contributed by atoms with Crippen LogP contribution in [0, 0.1) is 12.7 Å². The van der Waals surface area contributed by atoms with E-state index < -0.39 is 0 Å². The number of carbonyl (C=O) groups is 1. The number of rotatable bonds is 5. The third-order valence-corrected chi connectivity index (χ3v) is 2.84. The lowest BCUT2D eigenvalue weighted by molar-refractivity contribution is -0.120. The van der Waals surface area contributed by atoms with Crippen molar-refractivity contribution in [2.45, 2.75) is 13.3 Å². The summed E-state index contributed by atoms with van der Waals surface area (Å²) in [6.45, 7) is 1.82. The van der Waals surface area contributed by atoms with Crippen LogP contribution in [0.15, 0.2) is 48.5 Å². The molecule has 0 atom stereocenters. The van der Waals surface area contributed by atoms with Crippen molar-refractivity contribution in [3.05, 3.63) is 65.5 Å². The monoisotopic (exact) mass is 258 g/mol. The van der Waals surface area contributed by atoms with Gasteiger partial charge in [0.2, 0.25) is 0 Å². The third kappa shape index (κ3) is 3.91. The number of ether oxygens (including phenoxy) is 1. The molecule has 0 aromatic heterocycles. The Hall–Kier alpha value is -2.16. The van der Waals surface area contributed by atoms with Gasteiger partial charge in [0.25, 0.3) is 0 Å². The van der Waals surface area contributed by atoms with Crippen molar-refractivity contribution >= 4 is 5.78 Å². The van der Waals surface area contributed by atoms with E-state index in [0.29, 0.717) is 5.75 Å². The molecule has 0 bridgehead atoms. The number of hydrogen-bond acceptors (Lipinski definition) is 2. The molecule has 19 heavy (non-hydrogen) atoms. The molecule has 0 aliphatic heterocycles. The minimum atomic E-state index is -0.283. The lowest BCUT2D eigenvalue weighted by Gasteiger charge is -2.07. The summed E-state index contributed by atoms with van der Waals surface area (Å²) in [5.41, 5.74) is 1.62. The van der Waals surface area contributed by atoms with Crippen LogP contribution in [-0.2, 0) is 11.2 Å². The SMILES string of the molecule is Cc1cc(F)ccc1CC(=O)COc1ccccc1. The van der Waals surface area contributed by atoms with Gasteiger partial charge < -0.3 is 4.74 Å². The first-order chi connectivity index (χ1) is 9.15. The predicted octanol–water partition coefficient (Wildman–Crippen LogP) is 3.32. The quantitative estimate of drug-likeness (QED) is 0.822. The number of hydrogen-bond donors (Lipinski definition) is 0. The van der Waals surface area contributed by atoms with Crippen LogP contribution < -0.4 is 4.74 Å². The van der Waals surface area contributed by atoms with E-state index in [0.717, 1.165) is 11.1 Å². The Morgan fingerprint density at radius 1 is 1.16 bits per heavy atom. The van der Waals surface area contributed by atoms with E-state index in [-0.39, 0.29) is 24.6 Å². The highest BCUT2D eigenvalue weighted by Gasteiger charge is 2.07. The highest BCUT2D eigenvalue weighted by Crippen LogP contribution is 2.12. The fourth-order valence-corrected chi connectivity index (χ4v) is 1.80. The fraction of sp³-hybridized carbons (Fsp3) is 0.188. The molecule has 98 valence electrons. The Labute approximate surface area is 111 Å². The van der Waals surface area contributed by atoms with Gasteiger partial charge in [-0.1, -0.05) is 24.3 Å². The molecule has 0 aliphatic rings. The maximum atomic E-state index is 12.9. The molecule has 0 heterocycles. The minimum Gasteiger partial charge on any atom is -0.486 e. The Bertz CT molecular complexity index is 564. The van der Waals surface area contributed by atoms with Crippen LogP contribution in [0.2, 0.25) is 0 Å². The molecule has 0 saturated heterocycles. The summed E-state index contributed by atoms with van der Waals surface area (Å²) >= 11 is 0. The summed E-state index contributed by atoms with van der Waals surface area (Å²) in [6, 6.07) is 13.6. The van der Waals surface area contributed by atoms with E-state index in [9.17, 15) is 9.18 Å². The summed E-state index contributed by atoms with van der Waals surface area (Å²) in [6.07, 6.45) is 0.263. The number of halogens is 1. The van der Waals surface area contributed by atoms with Crippen molar-refractivity contribution in [3.63, 3.8) is 0 Å². The second-order valence-electron chi connectivity index (χ2n) is 4.39. The van der Waals surface area contributed by atoms with Crippen LogP contribution in [-0.4, -0.2) is 12.4 Å². The predicted molar refractivity (Wildman–Crippen MR) is 71.8 cm³/mol. The van der Waals surface area contributed by atoms with Gasteiger partial charge in [0.05, 0.1) is 0 Å². The van der Waals surface area contributed by atoms with Crippen LogP contribution in [0.4, 0.5) is 4.39 Å². The first-order valence-corrected chi connectivity index (χ1v) is 6.10. The van der Waals surface area contributed by atoms with E-state index in [1.54, 1.807) is 25.1 Å². The smallest absolute Gasteiger partial charge is 0.174 e. The molecule has 0 N–H and O–H groups in total. The van der Waals surface area contributed by atoms with Crippen molar-refractivity contribution in [1.82, 2.24) is 0 Å². The van der Waals surface area contributed by atoms with Gasteiger partial charge in [-0.3, -0.25) is 4.79 Å². The van der Waals surface area contributed by atoms with E-state index in [1.807, 2.05) is 18.2 Å². The molecule has 3 heteroatoms. The number of aryl methyl sites for hydroxylation is 1. The zero-order valence-electron chi connectivity index (χ0n) is 10.7. The van der Waals surface area contributed by atoms with Crippen LogP contribution in [0.25, 0.3) is 0 Å². The number of Topliss-reactive ketones (excluding diaryl/α,β-unsaturated/α-hetero) is 1. The molecule has 2 nitrogen and oxygen atoms in total. The van der Waals surface area contributed by atoms with Crippen molar-refractivity contribution in [3.8, 4) is 5.75 Å². The van der Waals surface area contributed by atoms with Gasteiger partial charge in [-0.05, 0) is 42.3 Å². The van der Waals surface area contributed by atoms with Gasteiger partial charge in [-0.2, -0.15) is 0 Å². The number of benzene rings is 2. The van der Waals surface area contributed by atoms with Crippen LogP contribution in [0.3, 0.4) is 0 Å². The molecular formula is C16H15FO2. The average Bonchev–Trinajstić information content (AvgIpc) is 2.41. The van der Waals surface area contributed by atoms with Gasteiger partial charge in [-0.25, -0.2) is 4.39 Å². The molecule has 0 saturated carbocycles. The van der Waals surface area contributed by atoms with Gasteiger partial charge in [-0.15, -0.1) is 0 Å². The van der Waals surface area contributed by atoms with E-state index in [4.69, 9.17) is 4.74 Å². The molecule has 2 rings (SSSR count). The normalized spacial score (nSPS) is 10.2. The highest BCUT2D eigenvalue weighted by atomic mass is 19.1. The number of carbonyl (C=O) groups excluding carboxylic acids is 1. The molecule has 0 unspecified atom stereocenters. The Kier molecular flexibility index (Phi) is 4.29. The number of para-hydroxylation sites is 1. The summed E-state index contributed by atoms with van der Waals surface area (Å²) in [5, 5.41) is 0. The van der Waals surface area contributed by atoms with Crippen molar-refractivity contribution < 1.29 is 13.9 Å². The van der Waals surface area contributed by atoms with Crippen molar-refractivity contribution in [1.29, 1.82) is 0 Å². The zero-order chi connectivity index (χ0) is 13.7. The lowest BCUT2D eigenvalue weighted by atomic mass is 10.0. The van der Waals surface area contributed by atoms with Crippen LogP contribution in [0.5, 0.6) is 5.75 Å². The average molecular weight is 258 g/mol. The standard InChI is InChI=1S/C16H15FO2/c1-12-9-14(17)8-7-13(12)10-15(18)11-19-16-5-3-2-4-6-16/h2-9H,10-11H2,1H3. The third-order valence-electron chi connectivity index (χ3n) is 2.84. The molecule has 2 aromatic rings. The van der Waals surface area contributed by atoms with Gasteiger partial charge >= 0.3 is 0 Å². The highest BCUT2D eigenvalue weighted by molar-refractivity contribution is 5.82. The summed E-state index contributed by atoms with van der Waals surface area (Å²) in [5.74, 6) is 0.361. The lowest BCUT2D eigenvalue weighted by Crippen LogP contribution is -2.14. The first-order valence-electron chi connectivity index (χ1n) is 6.10. The second-order valence-corrected chi connectivity index (χ2v) is 4.39. The van der Waals surface area contributed by atoms with Crippen molar-refractivity contribution in [2.75, 3.05) is 6.61 Å². The largest absolute Gasteiger partial charge is 0.486 e. The van der Waals surface area contributed by atoms with Gasteiger partial charge in [0.1, 0.15) is 18.2 Å².